The topological polar surface area (TPSA) is 29.1 Å². The Bertz CT molecular complexity index is 894. The lowest BCUT2D eigenvalue weighted by atomic mass is 10.1. The summed E-state index contributed by atoms with van der Waals surface area (Å²) in [6.07, 6.45) is 0. The fourth-order valence-corrected chi connectivity index (χ4v) is 3.41. The molecule has 0 heterocycles. The zero-order chi connectivity index (χ0) is 18.5. The monoisotopic (exact) mass is 433 g/mol. The van der Waals surface area contributed by atoms with Crippen LogP contribution in [0.4, 0.5) is 14.5 Å². The molecule has 1 amide bonds. The number of thioether (sulfide) groups is 1. The first-order valence-electron chi connectivity index (χ1n) is 7.75. The van der Waals surface area contributed by atoms with Gasteiger partial charge in [0.25, 0.3) is 5.91 Å². The van der Waals surface area contributed by atoms with E-state index in [1.54, 1.807) is 23.9 Å². The molecule has 0 aromatic heterocycles. The second-order valence-electron chi connectivity index (χ2n) is 5.49. The summed E-state index contributed by atoms with van der Waals surface area (Å²) >= 11 is 5.10. The van der Waals surface area contributed by atoms with Crippen molar-refractivity contribution in [2.24, 2.45) is 0 Å². The molecule has 0 fully saturated rings. The van der Waals surface area contributed by atoms with Gasteiger partial charge in [0.1, 0.15) is 17.2 Å². The normalized spacial score (nSPS) is 10.6. The van der Waals surface area contributed by atoms with Crippen molar-refractivity contribution in [2.75, 3.05) is 5.32 Å². The lowest BCUT2D eigenvalue weighted by Gasteiger charge is -2.08. The molecule has 0 saturated heterocycles. The highest BCUT2D eigenvalue weighted by Crippen LogP contribution is 2.25. The summed E-state index contributed by atoms with van der Waals surface area (Å²) in [5, 5.41) is 2.52. The molecular weight excluding hydrogens is 420 g/mol. The number of hydrogen-bond donors (Lipinski definition) is 1. The summed E-state index contributed by atoms with van der Waals surface area (Å²) in [5.74, 6) is -1.80. The molecule has 0 bridgehead atoms. The van der Waals surface area contributed by atoms with Crippen molar-refractivity contribution in [1.82, 2.24) is 0 Å². The molecule has 3 aromatic carbocycles. The number of anilines is 1. The van der Waals surface area contributed by atoms with Crippen molar-refractivity contribution in [3.8, 4) is 0 Å². The second kappa shape index (κ2) is 8.47. The van der Waals surface area contributed by atoms with Gasteiger partial charge >= 0.3 is 0 Å². The molecule has 0 spiro atoms. The van der Waals surface area contributed by atoms with E-state index in [0.29, 0.717) is 5.69 Å². The Hall–Kier alpha value is -2.18. The van der Waals surface area contributed by atoms with E-state index in [2.05, 4.69) is 21.2 Å². The van der Waals surface area contributed by atoms with E-state index in [9.17, 15) is 13.6 Å². The third-order valence-corrected chi connectivity index (χ3v) is 5.23. The first-order valence-corrected chi connectivity index (χ1v) is 9.53. The van der Waals surface area contributed by atoms with Gasteiger partial charge in [0.2, 0.25) is 0 Å². The summed E-state index contributed by atoms with van der Waals surface area (Å²) in [7, 11) is 0. The first-order chi connectivity index (χ1) is 12.5. The average Bonchev–Trinajstić information content (AvgIpc) is 2.62. The summed E-state index contributed by atoms with van der Waals surface area (Å²) in [4.78, 5) is 13.2. The molecule has 0 aliphatic carbocycles. The Morgan fingerprint density at radius 1 is 0.923 bits per heavy atom. The number of rotatable bonds is 5. The van der Waals surface area contributed by atoms with Crippen LogP contribution in [0.3, 0.4) is 0 Å². The van der Waals surface area contributed by atoms with Crippen LogP contribution in [0.5, 0.6) is 0 Å². The Morgan fingerprint density at radius 2 is 1.54 bits per heavy atom. The molecule has 0 radical (unpaired) electrons. The number of halogens is 3. The Labute approximate surface area is 162 Å². The SMILES string of the molecule is O=C(Nc1ccc(CSc2ccc(Br)cc2)cc1)c1c(F)cccc1F. The Balaban J connectivity index is 1.62. The Morgan fingerprint density at radius 3 is 2.15 bits per heavy atom. The first kappa shape index (κ1) is 18.6. The van der Waals surface area contributed by atoms with E-state index < -0.39 is 23.1 Å². The second-order valence-corrected chi connectivity index (χ2v) is 7.45. The van der Waals surface area contributed by atoms with Gasteiger partial charge in [0.05, 0.1) is 0 Å². The van der Waals surface area contributed by atoms with Crippen molar-refractivity contribution < 1.29 is 13.6 Å². The van der Waals surface area contributed by atoms with E-state index in [1.165, 1.54) is 6.07 Å². The number of hydrogen-bond acceptors (Lipinski definition) is 2. The van der Waals surface area contributed by atoms with E-state index in [-0.39, 0.29) is 0 Å². The maximum absolute atomic E-state index is 13.6. The smallest absolute Gasteiger partial charge is 0.261 e. The largest absolute Gasteiger partial charge is 0.322 e. The van der Waals surface area contributed by atoms with Gasteiger partial charge < -0.3 is 5.32 Å². The molecule has 0 atom stereocenters. The minimum atomic E-state index is -0.884. The fraction of sp³-hybridized carbons (Fsp3) is 0.0500. The van der Waals surface area contributed by atoms with Crippen molar-refractivity contribution in [3.05, 3.63) is 94.0 Å². The molecule has 26 heavy (non-hydrogen) atoms. The van der Waals surface area contributed by atoms with Gasteiger partial charge in [0, 0.05) is 20.8 Å². The van der Waals surface area contributed by atoms with Crippen LogP contribution in [0.15, 0.2) is 76.1 Å². The van der Waals surface area contributed by atoms with Gasteiger partial charge in [-0.3, -0.25) is 4.79 Å². The zero-order valence-corrected chi connectivity index (χ0v) is 15.9. The van der Waals surface area contributed by atoms with Crippen molar-refractivity contribution in [1.29, 1.82) is 0 Å². The van der Waals surface area contributed by atoms with Gasteiger partial charge in [-0.1, -0.05) is 34.1 Å². The summed E-state index contributed by atoms with van der Waals surface area (Å²) in [6, 6.07) is 18.6. The minimum absolute atomic E-state index is 0.482. The Kier molecular flexibility index (Phi) is 6.06. The quantitative estimate of drug-likeness (QED) is 0.480. The minimum Gasteiger partial charge on any atom is -0.322 e. The van der Waals surface area contributed by atoms with Gasteiger partial charge in [-0.2, -0.15) is 0 Å². The predicted octanol–water partition coefficient (Wildman–Crippen LogP) is 6.27. The maximum atomic E-state index is 13.6. The number of amides is 1. The molecule has 2 nitrogen and oxygen atoms in total. The average molecular weight is 434 g/mol. The van der Waals surface area contributed by atoms with Crippen LogP contribution in [-0.4, -0.2) is 5.91 Å². The van der Waals surface area contributed by atoms with Gasteiger partial charge in [0.15, 0.2) is 0 Å². The van der Waals surface area contributed by atoms with Crippen molar-refractivity contribution in [2.45, 2.75) is 10.6 Å². The molecular formula is C20H14BrF2NOS. The summed E-state index contributed by atoms with van der Waals surface area (Å²) in [6.45, 7) is 0. The highest BCUT2D eigenvalue weighted by atomic mass is 79.9. The molecule has 6 heteroatoms. The van der Waals surface area contributed by atoms with Crippen molar-refractivity contribution in [3.63, 3.8) is 0 Å². The van der Waals surface area contributed by atoms with Gasteiger partial charge in [-0.05, 0) is 54.1 Å². The highest BCUT2D eigenvalue weighted by molar-refractivity contribution is 9.10. The van der Waals surface area contributed by atoms with E-state index in [1.807, 2.05) is 36.4 Å². The van der Waals surface area contributed by atoms with Crippen LogP contribution in [0, 0.1) is 11.6 Å². The van der Waals surface area contributed by atoms with E-state index in [0.717, 1.165) is 32.8 Å². The zero-order valence-electron chi connectivity index (χ0n) is 13.5. The third-order valence-electron chi connectivity index (χ3n) is 3.62. The number of carbonyl (C=O) groups is 1. The summed E-state index contributed by atoms with van der Waals surface area (Å²) < 4.78 is 28.3. The maximum Gasteiger partial charge on any atom is 0.261 e. The number of carbonyl (C=O) groups excluding carboxylic acids is 1. The number of benzene rings is 3. The van der Waals surface area contributed by atoms with Gasteiger partial charge in [-0.15, -0.1) is 11.8 Å². The fourth-order valence-electron chi connectivity index (χ4n) is 2.29. The van der Waals surface area contributed by atoms with Crippen LogP contribution in [0.25, 0.3) is 0 Å². The van der Waals surface area contributed by atoms with Crippen molar-refractivity contribution >= 4 is 39.3 Å². The van der Waals surface area contributed by atoms with Crippen LogP contribution >= 0.6 is 27.7 Å². The molecule has 1 N–H and O–H groups in total. The lowest BCUT2D eigenvalue weighted by Crippen LogP contribution is -2.15. The summed E-state index contributed by atoms with van der Waals surface area (Å²) in [5.41, 5.74) is 0.977. The molecule has 0 aliphatic rings. The lowest BCUT2D eigenvalue weighted by molar-refractivity contribution is 0.101. The standard InChI is InChI=1S/C20H14BrF2NOS/c21-14-6-10-16(11-7-14)26-12-13-4-8-15(9-5-13)24-20(25)19-17(22)2-1-3-18(19)23/h1-11H,12H2,(H,24,25). The van der Waals surface area contributed by atoms with Crippen LogP contribution in [0.1, 0.15) is 15.9 Å². The van der Waals surface area contributed by atoms with E-state index >= 15 is 0 Å². The third kappa shape index (κ3) is 4.71. The van der Waals surface area contributed by atoms with Gasteiger partial charge in [-0.25, -0.2) is 8.78 Å². The van der Waals surface area contributed by atoms with Crippen LogP contribution in [-0.2, 0) is 5.75 Å². The molecule has 3 aromatic rings. The molecule has 0 unspecified atom stereocenters. The number of nitrogens with one attached hydrogen (secondary N) is 1. The van der Waals surface area contributed by atoms with E-state index in [4.69, 9.17) is 0 Å². The molecule has 0 aliphatic heterocycles. The molecule has 0 saturated carbocycles. The van der Waals surface area contributed by atoms with Crippen LogP contribution in [0.2, 0.25) is 0 Å². The molecule has 132 valence electrons. The highest BCUT2D eigenvalue weighted by Gasteiger charge is 2.16. The van der Waals surface area contributed by atoms with Crippen LogP contribution < -0.4 is 5.32 Å². The molecule has 3 rings (SSSR count). The predicted molar refractivity (Wildman–Crippen MR) is 104 cm³/mol.